The molecular weight excluding hydrogens is 548 g/mol. The molecule has 0 unspecified atom stereocenters. The van der Waals surface area contributed by atoms with Crippen LogP contribution in [0.25, 0.3) is 11.1 Å². The quantitative estimate of drug-likeness (QED) is 0.216. The maximum Gasteiger partial charge on any atom is 0.250 e. The van der Waals surface area contributed by atoms with Crippen LogP contribution in [0.3, 0.4) is 0 Å². The minimum absolute atomic E-state index is 0.0243. The zero-order valence-corrected chi connectivity index (χ0v) is 25.1. The number of aliphatic hydroxyl groups excluding tert-OH is 1. The number of aliphatic hydroxyl groups is 1. The lowest BCUT2D eigenvalue weighted by molar-refractivity contribution is 0.103. The zero-order valence-electron chi connectivity index (χ0n) is 23.5. The Morgan fingerprint density at radius 2 is 1.80 bits per heavy atom. The highest BCUT2D eigenvalue weighted by atomic mass is 32.2. The van der Waals surface area contributed by atoms with Gasteiger partial charge in [0.25, 0.3) is 5.56 Å². The number of pyridine rings is 1. The molecule has 10 heteroatoms. The van der Waals surface area contributed by atoms with Crippen molar-refractivity contribution in [1.82, 2.24) is 9.29 Å². The van der Waals surface area contributed by atoms with Crippen molar-refractivity contribution in [2.75, 3.05) is 18.1 Å². The number of unbranched alkanes of at least 4 members (excludes halogenated alkanes) is 1. The molecule has 0 fully saturated rings. The first-order valence-electron chi connectivity index (χ1n) is 13.4. The van der Waals surface area contributed by atoms with Crippen molar-refractivity contribution in [2.45, 2.75) is 51.8 Å². The van der Waals surface area contributed by atoms with Gasteiger partial charge in [0.15, 0.2) is 15.6 Å². The third-order valence-corrected chi connectivity index (χ3v) is 9.63. The van der Waals surface area contributed by atoms with Crippen molar-refractivity contribution >= 4 is 27.0 Å². The van der Waals surface area contributed by atoms with Gasteiger partial charge >= 0.3 is 0 Å². The van der Waals surface area contributed by atoms with Gasteiger partial charge in [0.2, 0.25) is 0 Å². The second kappa shape index (κ2) is 14.2. The molecular formula is C30H38N2O6S2. The molecule has 1 aromatic heterocycles. The number of rotatable bonds is 14. The summed E-state index contributed by atoms with van der Waals surface area (Å²) in [5.41, 5.74) is 3.49. The van der Waals surface area contributed by atoms with Crippen LogP contribution in [-0.4, -0.2) is 46.5 Å². The normalized spacial score (nSPS) is 13.2. The Morgan fingerprint density at radius 3 is 2.42 bits per heavy atom. The molecule has 2 N–H and O–H groups in total. The number of sulfone groups is 1. The highest BCUT2D eigenvalue weighted by molar-refractivity contribution is 7.90. The standard InChI is InChI=1S/C30H38N2O6S2/c1-5-7-16-39(36)31-28(14-15-33)26-18-29(34)32(4)19-27(26)25-17-22(20-40(37,38)6-2)10-13-24(25)30(35)23-11-8-21(3)9-12-23/h8-13,17-19,28,31,33H,5-7,14-16,20H2,1-4H3/t28-,39-/m0/s1. The molecule has 0 radical (unpaired) electrons. The van der Waals surface area contributed by atoms with Crippen molar-refractivity contribution in [3.8, 4) is 11.1 Å². The number of aromatic nitrogens is 1. The molecule has 0 amide bonds. The van der Waals surface area contributed by atoms with Crippen molar-refractivity contribution < 1.29 is 22.9 Å². The molecule has 3 rings (SSSR count). The van der Waals surface area contributed by atoms with Crippen LogP contribution in [0.4, 0.5) is 0 Å². The van der Waals surface area contributed by atoms with Gasteiger partial charge < -0.3 is 14.2 Å². The second-order valence-corrected chi connectivity index (χ2v) is 13.6. The third kappa shape index (κ3) is 8.14. The molecule has 0 spiro atoms. The lowest BCUT2D eigenvalue weighted by Gasteiger charge is -2.24. The fourth-order valence-electron chi connectivity index (χ4n) is 4.38. The molecule has 0 aliphatic rings. The molecule has 40 heavy (non-hydrogen) atoms. The van der Waals surface area contributed by atoms with Gasteiger partial charge in [-0.3, -0.25) is 9.59 Å². The highest BCUT2D eigenvalue weighted by Gasteiger charge is 2.26. The Hall–Kier alpha value is -2.76. The van der Waals surface area contributed by atoms with Crippen molar-refractivity contribution in [3.63, 3.8) is 0 Å². The Kier molecular flexibility index (Phi) is 11.3. The molecule has 1 heterocycles. The number of carbonyl (C=O) groups excluding carboxylic acids is 1. The van der Waals surface area contributed by atoms with Crippen LogP contribution in [0.15, 0.2) is 59.5 Å². The first-order chi connectivity index (χ1) is 19.0. The number of aryl methyl sites for hydroxylation is 2. The lowest BCUT2D eigenvalue weighted by Crippen LogP contribution is -2.33. The van der Waals surface area contributed by atoms with E-state index in [0.29, 0.717) is 39.1 Å². The van der Waals surface area contributed by atoms with Crippen LogP contribution >= 0.6 is 0 Å². The molecule has 3 aromatic rings. The number of nitrogens with zero attached hydrogens (tertiary/aromatic N) is 1. The predicted octanol–water partition coefficient (Wildman–Crippen LogP) is 4.00. The van der Waals surface area contributed by atoms with Crippen LogP contribution in [-0.2, 0) is 34.0 Å². The smallest absolute Gasteiger partial charge is 0.250 e. The van der Waals surface area contributed by atoms with Gasteiger partial charge in [-0.05, 0) is 42.5 Å². The predicted molar refractivity (Wildman–Crippen MR) is 160 cm³/mol. The fourth-order valence-corrected chi connectivity index (χ4v) is 6.50. The van der Waals surface area contributed by atoms with Crippen LogP contribution in [0.1, 0.15) is 71.8 Å². The maximum atomic E-state index is 13.8. The number of ketones is 1. The number of hydrogen-bond donors (Lipinski definition) is 2. The topological polar surface area (TPSA) is 129 Å². The summed E-state index contributed by atoms with van der Waals surface area (Å²) in [5, 5.41) is 9.84. The first kappa shape index (κ1) is 31.8. The van der Waals surface area contributed by atoms with Crippen molar-refractivity contribution in [3.05, 3.63) is 92.9 Å². The summed E-state index contributed by atoms with van der Waals surface area (Å²) in [6.07, 6.45) is 3.41. The molecule has 216 valence electrons. The minimum Gasteiger partial charge on any atom is -0.598 e. The van der Waals surface area contributed by atoms with Crippen LogP contribution in [0.5, 0.6) is 0 Å². The number of benzene rings is 2. The molecule has 2 aromatic carbocycles. The van der Waals surface area contributed by atoms with E-state index in [9.17, 15) is 27.7 Å². The molecule has 0 saturated carbocycles. The summed E-state index contributed by atoms with van der Waals surface area (Å²) in [6, 6.07) is 12.9. The van der Waals surface area contributed by atoms with Gasteiger partial charge in [0.1, 0.15) is 5.75 Å². The highest BCUT2D eigenvalue weighted by Crippen LogP contribution is 2.34. The molecule has 8 nitrogen and oxygen atoms in total. The van der Waals surface area contributed by atoms with E-state index in [-0.39, 0.29) is 35.9 Å². The SMILES string of the molecule is CCCC[S@+]([O-])N[C@@H](CCO)c1cc(=O)n(C)cc1-c1cc(CS(=O)(=O)CC)ccc1C(=O)c1ccc(C)cc1. The summed E-state index contributed by atoms with van der Waals surface area (Å²) in [7, 11) is -1.77. The van der Waals surface area contributed by atoms with Gasteiger partial charge in [0, 0.05) is 59.7 Å². The van der Waals surface area contributed by atoms with Gasteiger partial charge in [-0.15, -0.1) is 4.72 Å². The third-order valence-electron chi connectivity index (χ3n) is 6.77. The van der Waals surface area contributed by atoms with Gasteiger partial charge in [0.05, 0.1) is 11.8 Å². The average molecular weight is 587 g/mol. The van der Waals surface area contributed by atoms with E-state index >= 15 is 0 Å². The van der Waals surface area contributed by atoms with E-state index in [1.54, 1.807) is 50.5 Å². The van der Waals surface area contributed by atoms with E-state index in [1.807, 2.05) is 26.0 Å². The summed E-state index contributed by atoms with van der Waals surface area (Å²) < 4.78 is 42.2. The first-order valence-corrected chi connectivity index (χ1v) is 16.5. The van der Waals surface area contributed by atoms with E-state index in [2.05, 4.69) is 4.72 Å². The van der Waals surface area contributed by atoms with E-state index in [0.717, 1.165) is 18.4 Å². The zero-order chi connectivity index (χ0) is 29.4. The van der Waals surface area contributed by atoms with Gasteiger partial charge in [-0.2, -0.15) is 0 Å². The van der Waals surface area contributed by atoms with Gasteiger partial charge in [-0.1, -0.05) is 62.2 Å². The summed E-state index contributed by atoms with van der Waals surface area (Å²) in [6.45, 7) is 5.29. The van der Waals surface area contributed by atoms with Crippen molar-refractivity contribution in [1.29, 1.82) is 0 Å². The van der Waals surface area contributed by atoms with E-state index in [1.165, 1.54) is 10.6 Å². The summed E-state index contributed by atoms with van der Waals surface area (Å²) >= 11 is -1.41. The van der Waals surface area contributed by atoms with Gasteiger partial charge in [-0.25, -0.2) is 8.42 Å². The minimum atomic E-state index is -3.36. The second-order valence-electron chi connectivity index (χ2n) is 9.93. The van der Waals surface area contributed by atoms with Crippen LogP contribution in [0, 0.1) is 6.92 Å². The Bertz CT molecular complexity index is 1480. The Balaban J connectivity index is 2.26. The molecule has 0 bridgehead atoms. The van der Waals surface area contributed by atoms with Crippen molar-refractivity contribution in [2.24, 2.45) is 7.05 Å². The van der Waals surface area contributed by atoms with E-state index < -0.39 is 27.2 Å². The van der Waals surface area contributed by atoms with E-state index in [4.69, 9.17) is 0 Å². The Morgan fingerprint density at radius 1 is 1.10 bits per heavy atom. The number of hydrogen-bond acceptors (Lipinski definition) is 7. The molecule has 0 aliphatic heterocycles. The number of nitrogens with one attached hydrogen (secondary N) is 1. The maximum absolute atomic E-state index is 13.8. The van der Waals surface area contributed by atoms with Crippen LogP contribution in [0.2, 0.25) is 0 Å². The Labute approximate surface area is 239 Å². The largest absolute Gasteiger partial charge is 0.598 e. The summed E-state index contributed by atoms with van der Waals surface area (Å²) in [5.74, 6) is -0.0579. The van der Waals surface area contributed by atoms with Crippen LogP contribution < -0.4 is 10.3 Å². The molecule has 0 saturated heterocycles. The average Bonchev–Trinajstić information content (AvgIpc) is 2.92. The molecule has 2 atom stereocenters. The number of carbonyl (C=O) groups is 1. The monoisotopic (exact) mass is 586 g/mol. The molecule has 0 aliphatic carbocycles. The fraction of sp³-hybridized carbons (Fsp3) is 0.400. The summed E-state index contributed by atoms with van der Waals surface area (Å²) in [4.78, 5) is 26.6. The lowest BCUT2D eigenvalue weighted by atomic mass is 9.88.